The Balaban J connectivity index is 1.90. The molecule has 1 aromatic carbocycles. The minimum Gasteiger partial charge on any atom is -0.273 e. The molecule has 0 amide bonds. The predicted octanol–water partition coefficient (Wildman–Crippen LogP) is 2.20. The van der Waals surface area contributed by atoms with Gasteiger partial charge in [0.2, 0.25) is 0 Å². The van der Waals surface area contributed by atoms with Crippen molar-refractivity contribution in [2.45, 2.75) is 38.5 Å². The van der Waals surface area contributed by atoms with Gasteiger partial charge in [-0.15, -0.1) is 0 Å². The Morgan fingerprint density at radius 1 is 1.28 bits per heavy atom. The molecule has 2 aromatic rings. The molecule has 0 spiro atoms. The molecule has 130 valence electrons. The summed E-state index contributed by atoms with van der Waals surface area (Å²) in [7, 11) is 1.84. The molecule has 0 aliphatic carbocycles. The summed E-state index contributed by atoms with van der Waals surface area (Å²) in [4.78, 5) is 32.3. The molecular formula is C19H21N3O3. The molecule has 1 saturated heterocycles. The SMILES string of the molecule is CCCC#Cc1cn(C2CC(c3ccccc3)N(C)O2)c(=O)[nH]c1=O. The topological polar surface area (TPSA) is 67.3 Å². The van der Waals surface area contributed by atoms with Crippen LogP contribution in [0.4, 0.5) is 0 Å². The van der Waals surface area contributed by atoms with Gasteiger partial charge in [-0.05, 0) is 12.0 Å². The van der Waals surface area contributed by atoms with Crippen molar-refractivity contribution in [3.05, 3.63) is 68.5 Å². The summed E-state index contributed by atoms with van der Waals surface area (Å²) in [5.74, 6) is 5.77. The smallest absolute Gasteiger partial charge is 0.273 e. The number of unbranched alkanes of at least 4 members (excludes halogenated alkanes) is 1. The monoisotopic (exact) mass is 339 g/mol. The maximum atomic E-state index is 12.2. The van der Waals surface area contributed by atoms with Gasteiger partial charge >= 0.3 is 5.69 Å². The highest BCUT2D eigenvalue weighted by Gasteiger charge is 2.33. The van der Waals surface area contributed by atoms with Gasteiger partial charge in [0, 0.05) is 26.1 Å². The second kappa shape index (κ2) is 7.51. The van der Waals surface area contributed by atoms with E-state index < -0.39 is 17.5 Å². The zero-order valence-electron chi connectivity index (χ0n) is 14.4. The van der Waals surface area contributed by atoms with Crippen molar-refractivity contribution in [2.75, 3.05) is 7.05 Å². The van der Waals surface area contributed by atoms with E-state index in [0.29, 0.717) is 12.8 Å². The van der Waals surface area contributed by atoms with Gasteiger partial charge in [-0.1, -0.05) is 49.1 Å². The van der Waals surface area contributed by atoms with Gasteiger partial charge in [0.1, 0.15) is 5.56 Å². The quantitative estimate of drug-likeness (QED) is 0.871. The second-order valence-corrected chi connectivity index (χ2v) is 6.03. The van der Waals surface area contributed by atoms with Crippen LogP contribution in [0.25, 0.3) is 0 Å². The van der Waals surface area contributed by atoms with Crippen LogP contribution in [0.5, 0.6) is 0 Å². The van der Waals surface area contributed by atoms with Crippen LogP contribution in [0.15, 0.2) is 46.1 Å². The standard InChI is InChI=1S/C19H21N3O3/c1-3-4-6-11-15-13-22(19(24)20-18(15)23)17-12-16(21(2)25-17)14-9-7-5-8-10-14/h5,7-10,13,16-17H,3-4,12H2,1-2H3,(H,20,23,24). The fourth-order valence-electron chi connectivity index (χ4n) is 2.90. The number of hydrogen-bond donors (Lipinski definition) is 1. The van der Waals surface area contributed by atoms with Crippen LogP contribution < -0.4 is 11.2 Å². The van der Waals surface area contributed by atoms with Crippen molar-refractivity contribution in [3.63, 3.8) is 0 Å². The fourth-order valence-corrected chi connectivity index (χ4v) is 2.90. The number of hydroxylamine groups is 2. The largest absolute Gasteiger partial charge is 0.330 e. The zero-order valence-corrected chi connectivity index (χ0v) is 14.4. The van der Waals surface area contributed by atoms with Crippen molar-refractivity contribution < 1.29 is 4.84 Å². The van der Waals surface area contributed by atoms with E-state index in [1.165, 1.54) is 10.8 Å². The third kappa shape index (κ3) is 3.73. The first-order valence-electron chi connectivity index (χ1n) is 8.39. The molecule has 1 N–H and O–H groups in total. The van der Waals surface area contributed by atoms with Crippen molar-refractivity contribution in [2.24, 2.45) is 0 Å². The van der Waals surface area contributed by atoms with E-state index in [0.717, 1.165) is 12.0 Å². The molecule has 6 nitrogen and oxygen atoms in total. The Hall–Kier alpha value is -2.62. The van der Waals surface area contributed by atoms with Crippen LogP contribution in [0, 0.1) is 11.8 Å². The van der Waals surface area contributed by atoms with Gasteiger partial charge in [0.25, 0.3) is 5.56 Å². The summed E-state index contributed by atoms with van der Waals surface area (Å²) >= 11 is 0. The van der Waals surface area contributed by atoms with Crippen LogP contribution in [0.3, 0.4) is 0 Å². The summed E-state index contributed by atoms with van der Waals surface area (Å²) in [6, 6.07) is 10.0. The molecule has 1 aliphatic rings. The van der Waals surface area contributed by atoms with Crippen LogP contribution in [0.1, 0.15) is 49.6 Å². The molecular weight excluding hydrogens is 318 g/mol. The molecule has 25 heavy (non-hydrogen) atoms. The van der Waals surface area contributed by atoms with Crippen molar-refractivity contribution in [1.82, 2.24) is 14.6 Å². The molecule has 1 fully saturated rings. The zero-order chi connectivity index (χ0) is 17.8. The lowest BCUT2D eigenvalue weighted by Crippen LogP contribution is -2.33. The molecule has 0 bridgehead atoms. The first kappa shape index (κ1) is 17.2. The van der Waals surface area contributed by atoms with Crippen molar-refractivity contribution in [1.29, 1.82) is 0 Å². The van der Waals surface area contributed by atoms with Crippen LogP contribution >= 0.6 is 0 Å². The molecule has 3 rings (SSSR count). The number of aromatic nitrogens is 2. The first-order valence-corrected chi connectivity index (χ1v) is 8.39. The molecule has 2 unspecified atom stereocenters. The van der Waals surface area contributed by atoms with Crippen LogP contribution in [0.2, 0.25) is 0 Å². The van der Waals surface area contributed by atoms with E-state index in [9.17, 15) is 9.59 Å². The number of hydrogen-bond acceptors (Lipinski definition) is 4. The summed E-state index contributed by atoms with van der Waals surface area (Å²) in [5, 5.41) is 1.75. The lowest BCUT2D eigenvalue weighted by molar-refractivity contribution is -0.167. The highest BCUT2D eigenvalue weighted by Crippen LogP contribution is 2.36. The van der Waals surface area contributed by atoms with Gasteiger partial charge in [0.05, 0.1) is 6.04 Å². The average molecular weight is 339 g/mol. The molecule has 6 heteroatoms. The minimum atomic E-state index is -0.488. The van der Waals surface area contributed by atoms with Crippen molar-refractivity contribution >= 4 is 0 Å². The number of benzene rings is 1. The average Bonchev–Trinajstić information content (AvgIpc) is 2.99. The minimum absolute atomic E-state index is 0.0413. The lowest BCUT2D eigenvalue weighted by Gasteiger charge is -2.17. The summed E-state index contributed by atoms with van der Waals surface area (Å²) in [5.41, 5.74) is 0.448. The highest BCUT2D eigenvalue weighted by molar-refractivity contribution is 5.29. The Bertz CT molecular complexity index is 905. The molecule has 1 aromatic heterocycles. The third-order valence-electron chi connectivity index (χ3n) is 4.21. The van der Waals surface area contributed by atoms with Crippen molar-refractivity contribution in [3.8, 4) is 11.8 Å². The van der Waals surface area contributed by atoms with Gasteiger partial charge in [-0.3, -0.25) is 19.2 Å². The molecule has 0 radical (unpaired) electrons. The van der Waals surface area contributed by atoms with Gasteiger partial charge < -0.3 is 0 Å². The van der Waals surface area contributed by atoms with E-state index >= 15 is 0 Å². The summed E-state index contributed by atoms with van der Waals surface area (Å²) < 4.78 is 1.41. The van der Waals surface area contributed by atoms with E-state index in [2.05, 4.69) is 16.8 Å². The van der Waals surface area contributed by atoms with Crippen LogP contribution in [-0.2, 0) is 4.84 Å². The molecule has 0 saturated carbocycles. The van der Waals surface area contributed by atoms with Crippen LogP contribution in [-0.4, -0.2) is 21.7 Å². The molecule has 1 aliphatic heterocycles. The maximum Gasteiger partial charge on any atom is 0.330 e. The van der Waals surface area contributed by atoms with E-state index in [4.69, 9.17) is 4.84 Å². The number of nitrogens with zero attached hydrogens (tertiary/aromatic N) is 2. The highest BCUT2D eigenvalue weighted by atomic mass is 16.7. The number of rotatable bonds is 3. The molecule has 2 atom stereocenters. The van der Waals surface area contributed by atoms with Gasteiger partial charge in [0.15, 0.2) is 6.23 Å². The summed E-state index contributed by atoms with van der Waals surface area (Å²) in [6.07, 6.45) is 3.24. The normalized spacial score (nSPS) is 20.2. The summed E-state index contributed by atoms with van der Waals surface area (Å²) in [6.45, 7) is 2.02. The molecule has 2 heterocycles. The Morgan fingerprint density at radius 2 is 2.04 bits per heavy atom. The number of H-pyrrole nitrogens is 1. The predicted molar refractivity (Wildman–Crippen MR) is 94.8 cm³/mol. The number of nitrogens with one attached hydrogen (secondary N) is 1. The Labute approximate surface area is 146 Å². The Kier molecular flexibility index (Phi) is 5.17. The maximum absolute atomic E-state index is 12.2. The Morgan fingerprint density at radius 3 is 2.76 bits per heavy atom. The first-order chi connectivity index (χ1) is 12.1. The lowest BCUT2D eigenvalue weighted by atomic mass is 10.0. The van der Waals surface area contributed by atoms with Gasteiger partial charge in [-0.2, -0.15) is 5.06 Å². The second-order valence-electron chi connectivity index (χ2n) is 6.03. The third-order valence-corrected chi connectivity index (χ3v) is 4.21. The van der Waals surface area contributed by atoms with E-state index in [-0.39, 0.29) is 11.6 Å². The van der Waals surface area contributed by atoms with E-state index in [1.54, 1.807) is 5.06 Å². The number of aromatic amines is 1. The fraction of sp³-hybridized carbons (Fsp3) is 0.368. The van der Waals surface area contributed by atoms with E-state index in [1.807, 2.05) is 44.3 Å². The van der Waals surface area contributed by atoms with Gasteiger partial charge in [-0.25, -0.2) is 4.79 Å².